The van der Waals surface area contributed by atoms with Crippen LogP contribution < -0.4 is 10.6 Å². The molecule has 2 unspecified atom stereocenters. The molecule has 2 N–H and O–H groups in total. The van der Waals surface area contributed by atoms with Crippen molar-refractivity contribution in [3.63, 3.8) is 0 Å². The summed E-state index contributed by atoms with van der Waals surface area (Å²) in [5.41, 5.74) is 8.99. The van der Waals surface area contributed by atoms with Gasteiger partial charge in [0, 0.05) is 23.8 Å². The van der Waals surface area contributed by atoms with E-state index in [4.69, 9.17) is 5.73 Å². The first-order valence-corrected chi connectivity index (χ1v) is 6.90. The van der Waals surface area contributed by atoms with Gasteiger partial charge in [-0.2, -0.15) is 0 Å². The molecule has 2 aliphatic rings. The molecule has 0 spiro atoms. The number of anilines is 1. The molecule has 2 heteroatoms. The minimum Gasteiger partial charge on any atom is -0.365 e. The van der Waals surface area contributed by atoms with Crippen LogP contribution >= 0.6 is 0 Å². The van der Waals surface area contributed by atoms with Crippen LogP contribution in [0.3, 0.4) is 0 Å². The predicted octanol–water partition coefficient (Wildman–Crippen LogP) is 2.71. The number of aryl methyl sites for hydroxylation is 1. The summed E-state index contributed by atoms with van der Waals surface area (Å²) in [4.78, 5) is 2.64. The van der Waals surface area contributed by atoms with Gasteiger partial charge in [-0.25, -0.2) is 0 Å². The molecular weight excluding hydrogens is 208 g/mol. The maximum atomic E-state index is 6.13. The molecule has 2 aliphatic heterocycles. The molecule has 92 valence electrons. The average Bonchev–Trinajstić information content (AvgIpc) is 2.62. The summed E-state index contributed by atoms with van der Waals surface area (Å²) < 4.78 is 0. The summed E-state index contributed by atoms with van der Waals surface area (Å²) in [6.45, 7) is 2.22. The number of hydrogen-bond acceptors (Lipinski definition) is 2. The van der Waals surface area contributed by atoms with Crippen molar-refractivity contribution in [2.75, 3.05) is 4.90 Å². The van der Waals surface area contributed by atoms with Crippen molar-refractivity contribution >= 4 is 5.69 Å². The number of fused-ring (bicyclic) bond motifs is 2. The van der Waals surface area contributed by atoms with Gasteiger partial charge in [-0.3, -0.25) is 0 Å². The Balaban J connectivity index is 1.89. The fraction of sp³-hybridized carbons (Fsp3) is 0.600. The molecule has 0 saturated carbocycles. The zero-order valence-corrected chi connectivity index (χ0v) is 10.6. The Bertz CT molecular complexity index is 388. The molecule has 2 heterocycles. The van der Waals surface area contributed by atoms with Crippen LogP contribution in [-0.2, 0) is 6.42 Å². The molecule has 1 aromatic rings. The molecule has 0 radical (unpaired) electrons. The van der Waals surface area contributed by atoms with E-state index < -0.39 is 0 Å². The summed E-state index contributed by atoms with van der Waals surface area (Å²) in [6, 6.07) is 10.9. The lowest BCUT2D eigenvalue weighted by Crippen LogP contribution is -2.47. The number of benzene rings is 1. The first-order valence-electron chi connectivity index (χ1n) is 6.90. The van der Waals surface area contributed by atoms with Gasteiger partial charge in [0.15, 0.2) is 0 Å². The molecular formula is C15H22N2. The summed E-state index contributed by atoms with van der Waals surface area (Å²) in [7, 11) is 0. The molecule has 17 heavy (non-hydrogen) atoms. The monoisotopic (exact) mass is 230 g/mol. The predicted molar refractivity (Wildman–Crippen MR) is 72.3 cm³/mol. The van der Waals surface area contributed by atoms with E-state index in [1.54, 1.807) is 0 Å². The topological polar surface area (TPSA) is 29.3 Å². The first kappa shape index (κ1) is 11.1. The maximum absolute atomic E-state index is 6.13. The van der Waals surface area contributed by atoms with E-state index in [1.807, 2.05) is 0 Å². The third kappa shape index (κ3) is 1.95. The van der Waals surface area contributed by atoms with Crippen molar-refractivity contribution in [2.45, 2.75) is 57.2 Å². The number of piperidine rings is 1. The molecule has 3 rings (SSSR count). The van der Waals surface area contributed by atoms with Crippen LogP contribution in [-0.4, -0.2) is 18.1 Å². The van der Waals surface area contributed by atoms with Crippen molar-refractivity contribution in [3.05, 3.63) is 29.8 Å². The summed E-state index contributed by atoms with van der Waals surface area (Å²) >= 11 is 0. The highest BCUT2D eigenvalue weighted by Crippen LogP contribution is 2.38. The molecule has 2 fully saturated rings. The number of hydrogen-bond donors (Lipinski definition) is 1. The van der Waals surface area contributed by atoms with E-state index in [2.05, 4.69) is 36.1 Å². The highest BCUT2D eigenvalue weighted by Gasteiger charge is 2.39. The van der Waals surface area contributed by atoms with E-state index in [0.29, 0.717) is 18.1 Å². The lowest BCUT2D eigenvalue weighted by atomic mass is 9.97. The third-order valence-electron chi connectivity index (χ3n) is 4.39. The Morgan fingerprint density at radius 2 is 1.94 bits per heavy atom. The smallest absolute Gasteiger partial charge is 0.0373 e. The summed E-state index contributed by atoms with van der Waals surface area (Å²) in [5, 5.41) is 0. The van der Waals surface area contributed by atoms with Gasteiger partial charge >= 0.3 is 0 Å². The second-order valence-corrected chi connectivity index (χ2v) is 5.55. The van der Waals surface area contributed by atoms with Crippen molar-refractivity contribution in [3.8, 4) is 0 Å². The molecule has 0 aromatic heterocycles. The van der Waals surface area contributed by atoms with E-state index >= 15 is 0 Å². The normalized spacial score (nSPS) is 31.9. The highest BCUT2D eigenvalue weighted by molar-refractivity contribution is 5.52. The van der Waals surface area contributed by atoms with Crippen molar-refractivity contribution < 1.29 is 0 Å². The Morgan fingerprint density at radius 3 is 2.59 bits per heavy atom. The molecule has 0 amide bonds. The Labute approximate surface area is 104 Å². The largest absolute Gasteiger partial charge is 0.365 e. The van der Waals surface area contributed by atoms with Gasteiger partial charge < -0.3 is 10.6 Å². The first-order chi connectivity index (χ1) is 8.28. The highest BCUT2D eigenvalue weighted by atomic mass is 15.2. The molecule has 2 saturated heterocycles. The number of nitrogens with zero attached hydrogens (tertiary/aromatic N) is 1. The van der Waals surface area contributed by atoms with E-state index in [0.717, 1.165) is 6.42 Å². The number of rotatable bonds is 2. The van der Waals surface area contributed by atoms with E-state index in [-0.39, 0.29) is 0 Å². The molecule has 2 bridgehead atoms. The molecule has 0 aliphatic carbocycles. The van der Waals surface area contributed by atoms with Crippen LogP contribution in [0.4, 0.5) is 5.69 Å². The second-order valence-electron chi connectivity index (χ2n) is 5.55. The molecule has 2 nitrogen and oxygen atoms in total. The average molecular weight is 230 g/mol. The zero-order valence-electron chi connectivity index (χ0n) is 10.6. The lowest BCUT2D eigenvalue weighted by molar-refractivity contribution is 0.414. The van der Waals surface area contributed by atoms with Crippen LogP contribution in [0, 0.1) is 0 Å². The van der Waals surface area contributed by atoms with Crippen molar-refractivity contribution in [1.82, 2.24) is 0 Å². The van der Waals surface area contributed by atoms with Crippen LogP contribution in [0.1, 0.15) is 38.2 Å². The van der Waals surface area contributed by atoms with Crippen LogP contribution in [0.2, 0.25) is 0 Å². The maximum Gasteiger partial charge on any atom is 0.0373 e. The second kappa shape index (κ2) is 4.34. The van der Waals surface area contributed by atoms with Gasteiger partial charge in [0.1, 0.15) is 0 Å². The van der Waals surface area contributed by atoms with Gasteiger partial charge in [0.25, 0.3) is 0 Å². The van der Waals surface area contributed by atoms with Gasteiger partial charge in [0.2, 0.25) is 0 Å². The van der Waals surface area contributed by atoms with E-state index in [9.17, 15) is 0 Å². The summed E-state index contributed by atoms with van der Waals surface area (Å²) in [6.07, 6.45) is 6.12. The van der Waals surface area contributed by atoms with Gasteiger partial charge in [-0.1, -0.05) is 19.1 Å². The van der Waals surface area contributed by atoms with Crippen molar-refractivity contribution in [1.29, 1.82) is 0 Å². The van der Waals surface area contributed by atoms with Gasteiger partial charge in [-0.05, 0) is 49.8 Å². The minimum absolute atomic E-state index is 0.429. The van der Waals surface area contributed by atoms with Crippen LogP contribution in [0.15, 0.2) is 24.3 Å². The Hall–Kier alpha value is -1.02. The van der Waals surface area contributed by atoms with E-state index in [1.165, 1.54) is 36.9 Å². The third-order valence-corrected chi connectivity index (χ3v) is 4.39. The molecule has 1 aromatic carbocycles. The summed E-state index contributed by atoms with van der Waals surface area (Å²) in [5.74, 6) is 0. The van der Waals surface area contributed by atoms with Crippen LogP contribution in [0.25, 0.3) is 0 Å². The standard InChI is InChI=1S/C15H22N2/c1-2-11-4-3-5-13(8-11)17-14-6-7-15(17)10-12(16)9-14/h3-5,8,12,14-15H,2,6-7,9-10,16H2,1H3. The SMILES string of the molecule is CCc1cccc(N2C3CCC2CC(N)C3)c1. The Morgan fingerprint density at radius 1 is 1.24 bits per heavy atom. The van der Waals surface area contributed by atoms with Gasteiger partial charge in [0.05, 0.1) is 0 Å². The van der Waals surface area contributed by atoms with Gasteiger partial charge in [-0.15, -0.1) is 0 Å². The Kier molecular flexibility index (Phi) is 2.83. The van der Waals surface area contributed by atoms with Crippen molar-refractivity contribution in [2.24, 2.45) is 5.73 Å². The molecule has 2 atom stereocenters. The quantitative estimate of drug-likeness (QED) is 0.846. The minimum atomic E-state index is 0.429. The zero-order chi connectivity index (χ0) is 11.8. The van der Waals surface area contributed by atoms with Crippen LogP contribution in [0.5, 0.6) is 0 Å². The lowest BCUT2D eigenvalue weighted by Gasteiger charge is -2.39. The fourth-order valence-electron chi connectivity index (χ4n) is 3.58. The fourth-order valence-corrected chi connectivity index (χ4v) is 3.58. The number of nitrogens with two attached hydrogens (primary N) is 1.